The first kappa shape index (κ1) is 19.7. The second kappa shape index (κ2) is 7.14. The Kier molecular flexibility index (Phi) is 4.53. The van der Waals surface area contributed by atoms with Crippen LogP contribution in [0.2, 0.25) is 0 Å². The molecule has 9 heteroatoms. The highest BCUT2D eigenvalue weighted by Gasteiger charge is 2.42. The van der Waals surface area contributed by atoms with Gasteiger partial charge in [0.05, 0.1) is 10.6 Å². The van der Waals surface area contributed by atoms with E-state index < -0.39 is 16.0 Å². The number of rotatable bonds is 3. The molecule has 0 aliphatic carbocycles. The molecule has 0 spiro atoms. The molecule has 0 amide bonds. The summed E-state index contributed by atoms with van der Waals surface area (Å²) < 4.78 is 39.3. The van der Waals surface area contributed by atoms with Crippen molar-refractivity contribution in [3.05, 3.63) is 88.0 Å². The van der Waals surface area contributed by atoms with Crippen molar-refractivity contribution in [1.82, 2.24) is 0 Å². The highest BCUT2D eigenvalue weighted by Crippen LogP contribution is 2.46. The van der Waals surface area contributed by atoms with Crippen molar-refractivity contribution in [3.8, 4) is 11.5 Å². The van der Waals surface area contributed by atoms with Gasteiger partial charge in [0.15, 0.2) is 17.2 Å². The van der Waals surface area contributed by atoms with E-state index >= 15 is 0 Å². The summed E-state index contributed by atoms with van der Waals surface area (Å²) in [4.78, 5) is 12.5. The van der Waals surface area contributed by atoms with E-state index in [2.05, 4.69) is 15.9 Å². The summed E-state index contributed by atoms with van der Waals surface area (Å²) in [5, 5.41) is 10.2. The Balaban J connectivity index is 1.89. The Morgan fingerprint density at radius 3 is 2.45 bits per heavy atom. The van der Waals surface area contributed by atoms with Gasteiger partial charge in [0, 0.05) is 15.6 Å². The van der Waals surface area contributed by atoms with Gasteiger partial charge in [-0.05, 0) is 51.8 Å². The minimum atomic E-state index is -4.20. The van der Waals surface area contributed by atoms with Gasteiger partial charge in [-0.1, -0.05) is 36.4 Å². The molecule has 156 valence electrons. The Morgan fingerprint density at radius 1 is 0.968 bits per heavy atom. The number of carboxylic acids is 1. The number of anilines is 1. The first-order valence-electron chi connectivity index (χ1n) is 9.16. The topological polar surface area (TPSA) is 93.1 Å². The number of halogens is 1. The lowest BCUT2D eigenvalue weighted by atomic mass is 9.94. The molecule has 3 aromatic carbocycles. The molecule has 0 radical (unpaired) electrons. The van der Waals surface area contributed by atoms with Crippen LogP contribution in [0.3, 0.4) is 0 Å². The summed E-state index contributed by atoms with van der Waals surface area (Å²) in [5.41, 5.74) is 0.909. The Hall–Kier alpha value is -3.30. The summed E-state index contributed by atoms with van der Waals surface area (Å²) in [6.07, 6.45) is 0. The molecule has 0 atom stereocenters. The third kappa shape index (κ3) is 3.00. The average molecular weight is 500 g/mol. The number of sulfonamides is 1. The lowest BCUT2D eigenvalue weighted by Gasteiger charge is -2.33. The van der Waals surface area contributed by atoms with Gasteiger partial charge >= 0.3 is 5.97 Å². The molecule has 0 bridgehead atoms. The minimum Gasteiger partial charge on any atom is -0.477 e. The Morgan fingerprint density at radius 2 is 1.68 bits per heavy atom. The van der Waals surface area contributed by atoms with E-state index in [1.165, 1.54) is 6.07 Å². The molecule has 0 fully saturated rings. The number of hydrogen-bond acceptors (Lipinski definition) is 5. The van der Waals surface area contributed by atoms with Crippen LogP contribution < -0.4 is 13.8 Å². The SMILES string of the molecule is O=C(O)C1=C(c2ccc3c(c2)OCO3)c2ccccc2S(=O)(=O)N1c1ccccc1Br. The van der Waals surface area contributed by atoms with Gasteiger partial charge in [0.25, 0.3) is 10.0 Å². The van der Waals surface area contributed by atoms with Crippen LogP contribution in [-0.4, -0.2) is 26.3 Å². The molecule has 0 unspecified atom stereocenters. The van der Waals surface area contributed by atoms with Crippen molar-refractivity contribution in [2.24, 2.45) is 0 Å². The zero-order valence-electron chi connectivity index (χ0n) is 15.8. The quantitative estimate of drug-likeness (QED) is 0.579. The number of nitrogens with zero attached hydrogens (tertiary/aromatic N) is 1. The molecule has 3 aromatic rings. The fourth-order valence-corrected chi connectivity index (χ4v) is 6.05. The van der Waals surface area contributed by atoms with E-state index in [-0.39, 0.29) is 28.6 Å². The van der Waals surface area contributed by atoms with E-state index in [0.29, 0.717) is 27.1 Å². The Labute approximate surface area is 186 Å². The van der Waals surface area contributed by atoms with Gasteiger partial charge in [0.2, 0.25) is 6.79 Å². The van der Waals surface area contributed by atoms with E-state index in [0.717, 1.165) is 4.31 Å². The first-order chi connectivity index (χ1) is 14.9. The van der Waals surface area contributed by atoms with Gasteiger partial charge in [-0.25, -0.2) is 17.5 Å². The molecular formula is C22H14BrNO6S. The number of aliphatic carboxylic acids is 1. The first-order valence-corrected chi connectivity index (χ1v) is 11.4. The summed E-state index contributed by atoms with van der Waals surface area (Å²) in [5.74, 6) is -0.366. The molecule has 1 N–H and O–H groups in total. The molecular weight excluding hydrogens is 486 g/mol. The number of carboxylic acid groups (broad SMARTS) is 1. The highest BCUT2D eigenvalue weighted by molar-refractivity contribution is 9.10. The number of ether oxygens (including phenoxy) is 2. The summed E-state index contributed by atoms with van der Waals surface area (Å²) in [6, 6.07) is 18.0. The van der Waals surface area contributed by atoms with E-state index in [4.69, 9.17) is 9.47 Å². The predicted molar refractivity (Wildman–Crippen MR) is 116 cm³/mol. The second-order valence-corrected chi connectivity index (χ2v) is 9.42. The van der Waals surface area contributed by atoms with Crippen molar-refractivity contribution < 1.29 is 27.8 Å². The smallest absolute Gasteiger partial charge is 0.354 e. The molecule has 0 aromatic heterocycles. The van der Waals surface area contributed by atoms with E-state index in [1.54, 1.807) is 60.7 Å². The maximum atomic E-state index is 13.6. The zero-order valence-corrected chi connectivity index (χ0v) is 18.2. The van der Waals surface area contributed by atoms with Crippen LogP contribution in [0.4, 0.5) is 5.69 Å². The zero-order chi connectivity index (χ0) is 21.8. The van der Waals surface area contributed by atoms with Gasteiger partial charge in [-0.2, -0.15) is 0 Å². The minimum absolute atomic E-state index is 0.0171. The van der Waals surface area contributed by atoms with Crippen LogP contribution in [0.15, 0.2) is 81.8 Å². The summed E-state index contributed by atoms with van der Waals surface area (Å²) in [7, 11) is -4.20. The maximum Gasteiger partial charge on any atom is 0.354 e. The Bertz CT molecular complexity index is 1380. The summed E-state index contributed by atoms with van der Waals surface area (Å²) >= 11 is 3.36. The molecule has 2 aliphatic rings. The molecule has 0 saturated heterocycles. The monoisotopic (exact) mass is 499 g/mol. The van der Waals surface area contributed by atoms with E-state index in [1.807, 2.05) is 0 Å². The maximum absolute atomic E-state index is 13.6. The van der Waals surface area contributed by atoms with Crippen LogP contribution in [0.5, 0.6) is 11.5 Å². The number of benzene rings is 3. The fourth-order valence-electron chi connectivity index (χ4n) is 3.75. The molecule has 7 nitrogen and oxygen atoms in total. The largest absolute Gasteiger partial charge is 0.477 e. The van der Waals surface area contributed by atoms with Crippen LogP contribution in [-0.2, 0) is 14.8 Å². The van der Waals surface area contributed by atoms with Gasteiger partial charge in [0.1, 0.15) is 0 Å². The summed E-state index contributed by atoms with van der Waals surface area (Å²) in [6.45, 7) is 0.0671. The van der Waals surface area contributed by atoms with Crippen molar-refractivity contribution in [1.29, 1.82) is 0 Å². The molecule has 5 rings (SSSR count). The van der Waals surface area contributed by atoms with Crippen LogP contribution in [0.1, 0.15) is 11.1 Å². The average Bonchev–Trinajstić information content (AvgIpc) is 3.22. The van der Waals surface area contributed by atoms with Crippen molar-refractivity contribution in [3.63, 3.8) is 0 Å². The van der Waals surface area contributed by atoms with Crippen molar-refractivity contribution >= 4 is 43.2 Å². The third-order valence-electron chi connectivity index (χ3n) is 5.05. The highest BCUT2D eigenvalue weighted by atomic mass is 79.9. The molecule has 2 aliphatic heterocycles. The lowest BCUT2D eigenvalue weighted by molar-refractivity contribution is -0.132. The number of hydrogen-bond donors (Lipinski definition) is 1. The normalized spacial score (nSPS) is 16.2. The molecule has 31 heavy (non-hydrogen) atoms. The van der Waals surface area contributed by atoms with E-state index in [9.17, 15) is 18.3 Å². The van der Waals surface area contributed by atoms with Crippen LogP contribution in [0.25, 0.3) is 5.57 Å². The van der Waals surface area contributed by atoms with Crippen LogP contribution >= 0.6 is 15.9 Å². The lowest BCUT2D eigenvalue weighted by Crippen LogP contribution is -2.38. The fraction of sp³-hybridized carbons (Fsp3) is 0.0455. The number of para-hydroxylation sites is 1. The second-order valence-electron chi connectivity index (χ2n) is 6.81. The molecule has 0 saturated carbocycles. The van der Waals surface area contributed by atoms with Gasteiger partial charge < -0.3 is 14.6 Å². The predicted octanol–water partition coefficient (Wildman–Crippen LogP) is 4.23. The van der Waals surface area contributed by atoms with Gasteiger partial charge in [-0.15, -0.1) is 0 Å². The molecule has 2 heterocycles. The number of carbonyl (C=O) groups is 1. The van der Waals surface area contributed by atoms with Crippen LogP contribution in [0, 0.1) is 0 Å². The third-order valence-corrected chi connectivity index (χ3v) is 7.49. The number of fused-ring (bicyclic) bond motifs is 2. The van der Waals surface area contributed by atoms with Gasteiger partial charge in [-0.3, -0.25) is 0 Å². The standard InChI is InChI=1S/C22H14BrNO6S/c23-15-6-2-3-7-16(15)24-21(22(25)26)20(13-9-10-17-18(11-13)30-12-29-17)14-5-1-4-8-19(14)31(24,27)28/h1-11H,12H2,(H,25,26). The van der Waals surface area contributed by atoms with Crippen molar-refractivity contribution in [2.75, 3.05) is 11.1 Å². The van der Waals surface area contributed by atoms with Crippen molar-refractivity contribution in [2.45, 2.75) is 4.90 Å².